The predicted molar refractivity (Wildman–Crippen MR) is 131 cm³/mol. The molecule has 1 saturated heterocycles. The Labute approximate surface area is 204 Å². The number of nitrogens with two attached hydrogens (primary N) is 1. The van der Waals surface area contributed by atoms with Gasteiger partial charge in [-0.1, -0.05) is 0 Å². The highest BCUT2D eigenvalue weighted by atomic mass is 16.5. The molecule has 3 heterocycles. The average molecular weight is 481 g/mol. The van der Waals surface area contributed by atoms with Crippen molar-refractivity contribution in [1.82, 2.24) is 25.0 Å². The first-order chi connectivity index (χ1) is 17.0. The number of rotatable bonds is 10. The van der Waals surface area contributed by atoms with Crippen molar-refractivity contribution >= 4 is 22.8 Å². The van der Waals surface area contributed by atoms with Crippen LogP contribution in [0.25, 0.3) is 11.0 Å². The molecule has 1 fully saturated rings. The minimum absolute atomic E-state index is 0.0668. The van der Waals surface area contributed by atoms with Gasteiger partial charge in [-0.05, 0) is 50.6 Å². The van der Waals surface area contributed by atoms with Gasteiger partial charge in [0.2, 0.25) is 5.91 Å². The van der Waals surface area contributed by atoms with Crippen LogP contribution >= 0.6 is 0 Å². The Kier molecular flexibility index (Phi) is 7.81. The number of fused-ring (bicyclic) bond motifs is 1. The van der Waals surface area contributed by atoms with Gasteiger partial charge in [-0.25, -0.2) is 9.67 Å². The Morgan fingerprint density at radius 1 is 1.20 bits per heavy atom. The van der Waals surface area contributed by atoms with E-state index < -0.39 is 0 Å². The third kappa shape index (κ3) is 5.89. The molecule has 1 aromatic carbocycles. The molecule has 4 rings (SSSR count). The molecule has 3 aromatic rings. The summed E-state index contributed by atoms with van der Waals surface area (Å²) >= 11 is 0. The maximum absolute atomic E-state index is 12.6. The van der Waals surface area contributed by atoms with Crippen molar-refractivity contribution in [2.24, 2.45) is 11.7 Å². The summed E-state index contributed by atoms with van der Waals surface area (Å²) in [5.41, 5.74) is 7.57. The van der Waals surface area contributed by atoms with Gasteiger partial charge in [-0.15, -0.1) is 0 Å². The summed E-state index contributed by atoms with van der Waals surface area (Å²) in [6.07, 6.45) is 5.92. The lowest BCUT2D eigenvalue weighted by Gasteiger charge is -2.31. The van der Waals surface area contributed by atoms with Crippen molar-refractivity contribution in [2.75, 3.05) is 40.4 Å². The maximum atomic E-state index is 12.6. The molecule has 3 N–H and O–H groups in total. The van der Waals surface area contributed by atoms with Gasteiger partial charge in [0.25, 0.3) is 5.91 Å². The van der Waals surface area contributed by atoms with E-state index in [4.69, 9.17) is 15.2 Å². The normalized spacial score (nSPS) is 16.2. The zero-order valence-electron chi connectivity index (χ0n) is 20.2. The second-order valence-electron chi connectivity index (χ2n) is 8.77. The van der Waals surface area contributed by atoms with Crippen molar-refractivity contribution in [1.29, 1.82) is 0 Å². The number of benzene rings is 1. The maximum Gasteiger partial charge on any atom is 0.252 e. The fourth-order valence-corrected chi connectivity index (χ4v) is 4.45. The quantitative estimate of drug-likeness (QED) is 0.424. The lowest BCUT2D eigenvalue weighted by atomic mass is 9.97. The summed E-state index contributed by atoms with van der Waals surface area (Å²) in [6.45, 7) is 3.51. The minimum atomic E-state index is -0.225. The Morgan fingerprint density at radius 2 is 2.06 bits per heavy atom. The Hall–Kier alpha value is -3.66. The number of ether oxygens (including phenoxy) is 2. The van der Waals surface area contributed by atoms with Crippen LogP contribution in [0.2, 0.25) is 0 Å². The molecular weight excluding hydrogens is 448 g/mol. The van der Waals surface area contributed by atoms with Crippen LogP contribution in [0.4, 0.5) is 0 Å². The van der Waals surface area contributed by atoms with Crippen molar-refractivity contribution in [3.8, 4) is 11.5 Å². The molecule has 10 nitrogen and oxygen atoms in total. The molecule has 1 aliphatic heterocycles. The number of amides is 2. The first kappa shape index (κ1) is 24.5. The van der Waals surface area contributed by atoms with Crippen LogP contribution in [0.5, 0.6) is 11.5 Å². The van der Waals surface area contributed by atoms with E-state index in [2.05, 4.69) is 20.3 Å². The number of primary amides is 1. The average Bonchev–Trinajstić information content (AvgIpc) is 3.28. The van der Waals surface area contributed by atoms with Gasteiger partial charge < -0.3 is 25.4 Å². The molecular formula is C25H32N6O4. The molecule has 0 spiro atoms. The highest BCUT2D eigenvalue weighted by Crippen LogP contribution is 2.26. The van der Waals surface area contributed by atoms with E-state index in [1.54, 1.807) is 37.4 Å². The molecule has 0 bridgehead atoms. The number of nitrogens with zero attached hydrogens (tertiary/aromatic N) is 4. The number of carbonyl (C=O) groups excluding carboxylic acids is 2. The molecule has 0 radical (unpaired) electrons. The van der Waals surface area contributed by atoms with Crippen LogP contribution in [0.1, 0.15) is 35.2 Å². The van der Waals surface area contributed by atoms with Crippen molar-refractivity contribution < 1.29 is 19.1 Å². The number of aromatic nitrogens is 3. The summed E-state index contributed by atoms with van der Waals surface area (Å²) in [5.74, 6) is 0.965. The third-order valence-electron chi connectivity index (χ3n) is 6.40. The van der Waals surface area contributed by atoms with Crippen LogP contribution in [0, 0.1) is 5.92 Å². The van der Waals surface area contributed by atoms with Gasteiger partial charge in [-0.2, -0.15) is 5.10 Å². The van der Waals surface area contributed by atoms with Gasteiger partial charge >= 0.3 is 0 Å². The molecule has 0 saturated carbocycles. The summed E-state index contributed by atoms with van der Waals surface area (Å²) < 4.78 is 12.5. The fourth-order valence-electron chi connectivity index (χ4n) is 4.45. The van der Waals surface area contributed by atoms with Gasteiger partial charge in [0.05, 0.1) is 38.4 Å². The van der Waals surface area contributed by atoms with Crippen LogP contribution < -0.4 is 20.5 Å². The lowest BCUT2D eigenvalue weighted by Crippen LogP contribution is -2.42. The van der Waals surface area contributed by atoms with E-state index in [0.717, 1.165) is 49.1 Å². The highest BCUT2D eigenvalue weighted by molar-refractivity contribution is 5.96. The second kappa shape index (κ2) is 11.2. The number of carbonyl (C=O) groups is 2. The first-order valence-corrected chi connectivity index (χ1v) is 11.8. The number of hydrogen-bond acceptors (Lipinski definition) is 7. The van der Waals surface area contributed by atoms with Crippen LogP contribution in [0.15, 0.2) is 36.7 Å². The van der Waals surface area contributed by atoms with Gasteiger partial charge in [0.1, 0.15) is 11.5 Å². The lowest BCUT2D eigenvalue weighted by molar-refractivity contribution is -0.123. The first-order valence-electron chi connectivity index (χ1n) is 11.8. The smallest absolute Gasteiger partial charge is 0.252 e. The largest absolute Gasteiger partial charge is 0.497 e. The van der Waals surface area contributed by atoms with E-state index in [1.807, 2.05) is 18.2 Å². The zero-order chi connectivity index (χ0) is 24.8. The molecule has 35 heavy (non-hydrogen) atoms. The monoisotopic (exact) mass is 480 g/mol. The number of hydrogen-bond donors (Lipinski definition) is 2. The molecule has 2 aromatic heterocycles. The Balaban J connectivity index is 1.33. The van der Waals surface area contributed by atoms with E-state index in [9.17, 15) is 9.59 Å². The molecule has 186 valence electrons. The van der Waals surface area contributed by atoms with E-state index in [0.29, 0.717) is 36.6 Å². The SMILES string of the molecule is COc1ccc(Cn2ncc3cc(C(=O)NCCCN4CCCC(C(N)=O)C4)cnc32)c(OC)c1. The third-order valence-corrected chi connectivity index (χ3v) is 6.40. The summed E-state index contributed by atoms with van der Waals surface area (Å²) in [4.78, 5) is 30.8. The molecule has 1 unspecified atom stereocenters. The topological polar surface area (TPSA) is 125 Å². The minimum Gasteiger partial charge on any atom is -0.497 e. The molecule has 1 aliphatic rings. The number of nitrogens with one attached hydrogen (secondary N) is 1. The van der Waals surface area contributed by atoms with Gasteiger partial charge in [-0.3, -0.25) is 9.59 Å². The predicted octanol–water partition coefficient (Wildman–Crippen LogP) is 1.81. The van der Waals surface area contributed by atoms with Crippen LogP contribution in [-0.2, 0) is 11.3 Å². The fraction of sp³-hybridized carbons (Fsp3) is 0.440. The Bertz CT molecular complexity index is 1190. The van der Waals surface area contributed by atoms with Crippen LogP contribution in [0.3, 0.4) is 0 Å². The van der Waals surface area contributed by atoms with E-state index in [-0.39, 0.29) is 17.7 Å². The Morgan fingerprint density at radius 3 is 2.83 bits per heavy atom. The summed E-state index contributed by atoms with van der Waals surface area (Å²) in [5, 5.41) is 8.20. The van der Waals surface area contributed by atoms with Crippen molar-refractivity contribution in [3.63, 3.8) is 0 Å². The van der Waals surface area contributed by atoms with Crippen molar-refractivity contribution in [2.45, 2.75) is 25.8 Å². The molecule has 1 atom stereocenters. The van der Waals surface area contributed by atoms with Crippen LogP contribution in [-0.4, -0.2) is 71.9 Å². The van der Waals surface area contributed by atoms with Crippen molar-refractivity contribution in [3.05, 3.63) is 47.8 Å². The second-order valence-corrected chi connectivity index (χ2v) is 8.77. The number of piperidine rings is 1. The summed E-state index contributed by atoms with van der Waals surface area (Å²) in [7, 11) is 3.23. The van der Waals surface area contributed by atoms with Gasteiger partial charge in [0, 0.05) is 36.3 Å². The summed E-state index contributed by atoms with van der Waals surface area (Å²) in [6, 6.07) is 7.44. The number of likely N-dealkylation sites (tertiary alicyclic amines) is 1. The molecule has 10 heteroatoms. The highest BCUT2D eigenvalue weighted by Gasteiger charge is 2.23. The zero-order valence-corrected chi connectivity index (χ0v) is 20.2. The van der Waals surface area contributed by atoms with Gasteiger partial charge in [0.15, 0.2) is 5.65 Å². The number of methoxy groups -OCH3 is 2. The van der Waals surface area contributed by atoms with E-state index >= 15 is 0 Å². The number of pyridine rings is 1. The van der Waals surface area contributed by atoms with E-state index in [1.165, 1.54) is 0 Å². The molecule has 2 amide bonds. The standard InChI is InChI=1S/C25H32N6O4/c1-34-21-7-6-17(22(12-21)35-2)16-31-24-19(14-29-31)11-20(13-28-24)25(33)27-8-4-10-30-9-3-5-18(15-30)23(26)32/h6-7,11-14,18H,3-5,8-10,15-16H2,1-2H3,(H2,26,32)(H,27,33). The molecule has 0 aliphatic carbocycles.